The number of hydrogen-bond acceptors (Lipinski definition) is 8. The van der Waals surface area contributed by atoms with Gasteiger partial charge in [-0.1, -0.05) is 13.2 Å². The Balaban J connectivity index is 3.21. The van der Waals surface area contributed by atoms with Crippen molar-refractivity contribution >= 4 is 11.9 Å². The highest BCUT2D eigenvalue weighted by Crippen LogP contribution is 1.96. The number of unbranched alkanes of at least 4 members (excludes halogenated alkanes) is 1. The summed E-state index contributed by atoms with van der Waals surface area (Å²) in [6.45, 7) is 8.10. The van der Waals surface area contributed by atoms with E-state index in [0.717, 1.165) is 12.7 Å². The third kappa shape index (κ3) is 16.5. The number of ether oxygens (including phenoxy) is 6. The maximum Gasteiger partial charge on any atom is 0.312 e. The highest BCUT2D eigenvalue weighted by atomic mass is 16.7. The van der Waals surface area contributed by atoms with Gasteiger partial charge in [0.15, 0.2) is 6.79 Å². The van der Waals surface area contributed by atoms with Crippen molar-refractivity contribution in [2.45, 2.75) is 25.7 Å². The monoisotopic (exact) mass is 346 g/mol. The van der Waals surface area contributed by atoms with Crippen LogP contribution in [0.1, 0.15) is 25.7 Å². The van der Waals surface area contributed by atoms with E-state index >= 15 is 0 Å². The van der Waals surface area contributed by atoms with Crippen molar-refractivity contribution in [3.05, 3.63) is 25.7 Å². The summed E-state index contributed by atoms with van der Waals surface area (Å²) in [7, 11) is 0. The van der Waals surface area contributed by atoms with E-state index in [1.54, 1.807) is 0 Å². The fourth-order valence-electron chi connectivity index (χ4n) is 1.36. The van der Waals surface area contributed by atoms with Gasteiger partial charge in [0, 0.05) is 6.61 Å². The average molecular weight is 346 g/mol. The fourth-order valence-corrected chi connectivity index (χ4v) is 1.36. The minimum absolute atomic E-state index is 0.0750. The van der Waals surface area contributed by atoms with Crippen LogP contribution < -0.4 is 0 Å². The molecule has 0 spiro atoms. The molecule has 0 atom stereocenters. The molecule has 0 aromatic carbocycles. The summed E-state index contributed by atoms with van der Waals surface area (Å²) in [6, 6.07) is 0. The minimum Gasteiger partial charge on any atom is -0.476 e. The van der Waals surface area contributed by atoms with Crippen LogP contribution in [0.15, 0.2) is 25.7 Å². The van der Waals surface area contributed by atoms with E-state index in [1.807, 2.05) is 0 Å². The Morgan fingerprint density at radius 3 is 2.08 bits per heavy atom. The third-order valence-electron chi connectivity index (χ3n) is 2.50. The predicted molar refractivity (Wildman–Crippen MR) is 84.6 cm³/mol. The van der Waals surface area contributed by atoms with Crippen molar-refractivity contribution in [3.8, 4) is 0 Å². The van der Waals surface area contributed by atoms with Crippen LogP contribution in [0, 0.1) is 0 Å². The third-order valence-corrected chi connectivity index (χ3v) is 2.50. The van der Waals surface area contributed by atoms with Crippen LogP contribution in [0.2, 0.25) is 0 Å². The van der Waals surface area contributed by atoms with E-state index in [9.17, 15) is 9.59 Å². The summed E-state index contributed by atoms with van der Waals surface area (Å²) >= 11 is 0. The molecule has 0 radical (unpaired) electrons. The Kier molecular flexibility index (Phi) is 16.1. The maximum absolute atomic E-state index is 11.3. The van der Waals surface area contributed by atoms with Gasteiger partial charge in [0.1, 0.15) is 6.79 Å². The van der Waals surface area contributed by atoms with Gasteiger partial charge in [-0.25, -0.2) is 0 Å². The topological polar surface area (TPSA) is 89.5 Å². The molecule has 0 aliphatic heterocycles. The van der Waals surface area contributed by atoms with Gasteiger partial charge in [0.25, 0.3) is 0 Å². The number of esters is 2. The lowest BCUT2D eigenvalue weighted by Gasteiger charge is -2.07. The smallest absolute Gasteiger partial charge is 0.312 e. The van der Waals surface area contributed by atoms with Crippen LogP contribution in [-0.2, 0) is 38.0 Å². The summed E-state index contributed by atoms with van der Waals surface area (Å²) in [5.74, 6) is -0.713. The Hall–Kier alpha value is -1.90. The minimum atomic E-state index is -0.398. The molecule has 0 amide bonds. The van der Waals surface area contributed by atoms with Crippen LogP contribution >= 0.6 is 0 Å². The van der Waals surface area contributed by atoms with E-state index in [0.29, 0.717) is 19.6 Å². The first-order valence-corrected chi connectivity index (χ1v) is 7.62. The SMILES string of the molecule is C=COCOCCC(=O)OCCCCOCOCCC(=O)OC=C. The Morgan fingerprint density at radius 1 is 0.750 bits per heavy atom. The normalized spacial score (nSPS) is 10.0. The van der Waals surface area contributed by atoms with Gasteiger partial charge in [-0.05, 0) is 12.8 Å². The van der Waals surface area contributed by atoms with Crippen molar-refractivity contribution in [3.63, 3.8) is 0 Å². The molecule has 0 saturated heterocycles. The second-order valence-corrected chi connectivity index (χ2v) is 4.38. The molecular weight excluding hydrogens is 320 g/mol. The highest BCUT2D eigenvalue weighted by molar-refractivity contribution is 5.70. The lowest BCUT2D eigenvalue weighted by atomic mass is 10.3. The fraction of sp³-hybridized carbons (Fsp3) is 0.625. The number of carbonyl (C=O) groups excluding carboxylic acids is 2. The van der Waals surface area contributed by atoms with Crippen molar-refractivity contribution < 1.29 is 38.0 Å². The molecule has 0 N–H and O–H groups in total. The van der Waals surface area contributed by atoms with Gasteiger partial charge in [0.05, 0.1) is 45.2 Å². The molecule has 8 heteroatoms. The molecule has 0 bridgehead atoms. The van der Waals surface area contributed by atoms with E-state index in [1.165, 1.54) is 6.26 Å². The van der Waals surface area contributed by atoms with E-state index < -0.39 is 5.97 Å². The van der Waals surface area contributed by atoms with Gasteiger partial charge in [0.2, 0.25) is 0 Å². The lowest BCUT2D eigenvalue weighted by Crippen LogP contribution is -2.11. The Bertz CT molecular complexity index is 356. The molecule has 8 nitrogen and oxygen atoms in total. The zero-order valence-corrected chi connectivity index (χ0v) is 13.9. The number of carbonyl (C=O) groups is 2. The van der Waals surface area contributed by atoms with E-state index in [2.05, 4.69) is 17.9 Å². The molecule has 24 heavy (non-hydrogen) atoms. The van der Waals surface area contributed by atoms with E-state index in [4.69, 9.17) is 23.7 Å². The number of hydrogen-bond donors (Lipinski definition) is 0. The molecule has 0 unspecified atom stereocenters. The summed E-state index contributed by atoms with van der Waals surface area (Å²) in [4.78, 5) is 22.3. The molecule has 0 saturated carbocycles. The maximum atomic E-state index is 11.3. The number of rotatable bonds is 17. The zero-order chi connectivity index (χ0) is 17.9. The summed E-state index contributed by atoms with van der Waals surface area (Å²) in [5, 5.41) is 0. The lowest BCUT2D eigenvalue weighted by molar-refractivity contribution is -0.146. The molecule has 0 rings (SSSR count). The van der Waals surface area contributed by atoms with Gasteiger partial charge >= 0.3 is 11.9 Å². The molecule has 0 aromatic rings. The van der Waals surface area contributed by atoms with Gasteiger partial charge in [-0.2, -0.15) is 0 Å². The molecule has 0 aromatic heterocycles. The molecular formula is C16H26O8. The highest BCUT2D eigenvalue weighted by Gasteiger charge is 2.03. The zero-order valence-electron chi connectivity index (χ0n) is 13.9. The van der Waals surface area contributed by atoms with Crippen LogP contribution in [0.4, 0.5) is 0 Å². The molecule has 138 valence electrons. The first-order chi connectivity index (χ1) is 11.7. The standard InChI is InChI=1S/C16H26O8/c1-3-19-13-21-12-8-16(18)24-10-6-5-9-20-14-22-11-7-15(17)23-4-2/h3-4H,1-2,5-14H2. The van der Waals surface area contributed by atoms with Crippen molar-refractivity contribution in [2.75, 3.05) is 40.0 Å². The van der Waals surface area contributed by atoms with Crippen LogP contribution in [0.5, 0.6) is 0 Å². The van der Waals surface area contributed by atoms with Crippen molar-refractivity contribution in [2.24, 2.45) is 0 Å². The first-order valence-electron chi connectivity index (χ1n) is 7.62. The molecule has 0 aliphatic rings. The Labute approximate surface area is 142 Å². The summed E-state index contributed by atoms with van der Waals surface area (Å²) < 4.78 is 29.6. The van der Waals surface area contributed by atoms with Crippen molar-refractivity contribution in [1.82, 2.24) is 0 Å². The van der Waals surface area contributed by atoms with Crippen molar-refractivity contribution in [1.29, 1.82) is 0 Å². The molecule has 0 aliphatic carbocycles. The second-order valence-electron chi connectivity index (χ2n) is 4.38. The largest absolute Gasteiger partial charge is 0.476 e. The Morgan fingerprint density at radius 2 is 1.38 bits per heavy atom. The van der Waals surface area contributed by atoms with Gasteiger partial charge in [-0.3, -0.25) is 9.59 Å². The quantitative estimate of drug-likeness (QED) is 0.171. The first kappa shape index (κ1) is 22.1. The van der Waals surface area contributed by atoms with Gasteiger partial charge in [-0.15, -0.1) is 0 Å². The van der Waals surface area contributed by atoms with E-state index in [-0.39, 0.29) is 45.6 Å². The van der Waals surface area contributed by atoms with Crippen LogP contribution in [0.25, 0.3) is 0 Å². The van der Waals surface area contributed by atoms with Crippen LogP contribution in [0.3, 0.4) is 0 Å². The average Bonchev–Trinajstić information content (AvgIpc) is 2.56. The van der Waals surface area contributed by atoms with Gasteiger partial charge < -0.3 is 28.4 Å². The summed E-state index contributed by atoms with van der Waals surface area (Å²) in [5.41, 5.74) is 0. The second kappa shape index (κ2) is 17.5. The predicted octanol–water partition coefficient (Wildman–Crippen LogP) is 1.90. The molecule has 0 fully saturated rings. The summed E-state index contributed by atoms with van der Waals surface area (Å²) in [6.07, 6.45) is 4.10. The van der Waals surface area contributed by atoms with Crippen LogP contribution in [-0.4, -0.2) is 52.0 Å². The molecule has 0 heterocycles.